The summed E-state index contributed by atoms with van der Waals surface area (Å²) in [4.78, 5) is 11.6. The second-order valence-electron chi connectivity index (χ2n) is 5.90. The van der Waals surface area contributed by atoms with E-state index in [2.05, 4.69) is 4.72 Å². The number of carbonyl (C=O) groups is 1. The fraction of sp³-hybridized carbons (Fsp3) is 0.353. The Morgan fingerprint density at radius 2 is 1.81 bits per heavy atom. The minimum absolute atomic E-state index is 0.0603. The van der Waals surface area contributed by atoms with E-state index >= 15 is 0 Å². The predicted octanol–water partition coefficient (Wildman–Crippen LogP) is 2.67. The molecule has 0 unspecified atom stereocenters. The summed E-state index contributed by atoms with van der Waals surface area (Å²) in [7, 11) is -3.81. The SMILES string of the molecule is CCCn1ccc(CNS(=O)(=O)c2ccc(C(=O)NCC(F)(F)F)cc2)c1. The number of nitrogens with zero attached hydrogens (tertiary/aromatic N) is 1. The Balaban J connectivity index is 1.98. The van der Waals surface area contributed by atoms with Gasteiger partial charge in [0.2, 0.25) is 10.0 Å². The van der Waals surface area contributed by atoms with Crippen molar-refractivity contribution in [2.75, 3.05) is 6.54 Å². The number of nitrogens with one attached hydrogen (secondary N) is 2. The van der Waals surface area contributed by atoms with Crippen molar-refractivity contribution in [1.82, 2.24) is 14.6 Å². The highest BCUT2D eigenvalue weighted by molar-refractivity contribution is 7.89. The number of aromatic nitrogens is 1. The van der Waals surface area contributed by atoms with E-state index in [-0.39, 0.29) is 17.0 Å². The Hall–Kier alpha value is -2.33. The molecule has 1 amide bonds. The van der Waals surface area contributed by atoms with Crippen LogP contribution < -0.4 is 10.0 Å². The smallest absolute Gasteiger partial charge is 0.354 e. The van der Waals surface area contributed by atoms with Gasteiger partial charge in [0.05, 0.1) is 4.90 Å². The molecule has 27 heavy (non-hydrogen) atoms. The van der Waals surface area contributed by atoms with Gasteiger partial charge in [0.1, 0.15) is 6.54 Å². The van der Waals surface area contributed by atoms with Crippen molar-refractivity contribution in [2.24, 2.45) is 0 Å². The molecular weight excluding hydrogens is 383 g/mol. The lowest BCUT2D eigenvalue weighted by Crippen LogP contribution is -2.33. The zero-order valence-corrected chi connectivity index (χ0v) is 15.4. The Kier molecular flexibility index (Phi) is 6.66. The lowest BCUT2D eigenvalue weighted by atomic mass is 10.2. The van der Waals surface area contributed by atoms with Gasteiger partial charge in [-0.15, -0.1) is 0 Å². The number of aryl methyl sites for hydroxylation is 1. The summed E-state index contributed by atoms with van der Waals surface area (Å²) in [6, 6.07) is 6.49. The van der Waals surface area contributed by atoms with E-state index in [4.69, 9.17) is 0 Å². The molecule has 2 rings (SSSR count). The van der Waals surface area contributed by atoms with Gasteiger partial charge < -0.3 is 9.88 Å². The summed E-state index contributed by atoms with van der Waals surface area (Å²) in [5.41, 5.74) is 0.741. The molecule has 148 valence electrons. The van der Waals surface area contributed by atoms with Gasteiger partial charge in [-0.2, -0.15) is 13.2 Å². The van der Waals surface area contributed by atoms with E-state index in [1.807, 2.05) is 30.0 Å². The maximum atomic E-state index is 12.3. The van der Waals surface area contributed by atoms with E-state index < -0.39 is 28.7 Å². The molecule has 0 radical (unpaired) electrons. The lowest BCUT2D eigenvalue weighted by molar-refractivity contribution is -0.123. The average molecular weight is 403 g/mol. The molecule has 0 atom stereocenters. The third-order valence-electron chi connectivity index (χ3n) is 3.64. The molecule has 0 saturated heterocycles. The summed E-state index contributed by atoms with van der Waals surface area (Å²) in [5, 5.41) is 1.73. The molecule has 0 aliphatic heterocycles. The molecule has 0 aliphatic carbocycles. The van der Waals surface area contributed by atoms with E-state index in [1.165, 1.54) is 12.1 Å². The van der Waals surface area contributed by atoms with Crippen molar-refractivity contribution in [3.8, 4) is 0 Å². The molecule has 1 aromatic carbocycles. The lowest BCUT2D eigenvalue weighted by Gasteiger charge is -2.09. The van der Waals surface area contributed by atoms with Crippen LogP contribution in [0.5, 0.6) is 0 Å². The minimum Gasteiger partial charge on any atom is -0.354 e. The topological polar surface area (TPSA) is 80.2 Å². The van der Waals surface area contributed by atoms with E-state index in [0.29, 0.717) is 0 Å². The number of carbonyl (C=O) groups excluding carboxylic acids is 1. The van der Waals surface area contributed by atoms with Crippen LogP contribution in [-0.2, 0) is 23.1 Å². The summed E-state index contributed by atoms with van der Waals surface area (Å²) >= 11 is 0. The number of amides is 1. The van der Waals surface area contributed by atoms with Gasteiger partial charge in [-0.3, -0.25) is 4.79 Å². The summed E-state index contributed by atoms with van der Waals surface area (Å²) in [5.74, 6) is -0.929. The van der Waals surface area contributed by atoms with Crippen molar-refractivity contribution >= 4 is 15.9 Å². The van der Waals surface area contributed by atoms with Crippen LogP contribution in [0.15, 0.2) is 47.6 Å². The second kappa shape index (κ2) is 8.57. The van der Waals surface area contributed by atoms with Gasteiger partial charge in [0.15, 0.2) is 0 Å². The monoisotopic (exact) mass is 403 g/mol. The summed E-state index contributed by atoms with van der Waals surface area (Å²) in [6.07, 6.45) is 0.156. The van der Waals surface area contributed by atoms with Crippen molar-refractivity contribution in [3.05, 3.63) is 53.9 Å². The number of benzene rings is 1. The van der Waals surface area contributed by atoms with Gasteiger partial charge in [0.25, 0.3) is 5.91 Å². The number of hydrogen-bond donors (Lipinski definition) is 2. The first-order valence-electron chi connectivity index (χ1n) is 8.20. The van der Waals surface area contributed by atoms with Gasteiger partial charge >= 0.3 is 6.18 Å². The van der Waals surface area contributed by atoms with Crippen molar-refractivity contribution in [2.45, 2.75) is 37.5 Å². The zero-order chi connectivity index (χ0) is 20.1. The molecule has 0 fully saturated rings. The van der Waals surface area contributed by atoms with Crippen LogP contribution in [0.1, 0.15) is 29.3 Å². The van der Waals surface area contributed by atoms with Crippen LogP contribution in [0.25, 0.3) is 0 Å². The molecule has 0 aliphatic rings. The predicted molar refractivity (Wildman–Crippen MR) is 93.6 cm³/mol. The van der Waals surface area contributed by atoms with Gasteiger partial charge in [-0.05, 0) is 42.3 Å². The van der Waals surface area contributed by atoms with Crippen molar-refractivity contribution in [3.63, 3.8) is 0 Å². The Morgan fingerprint density at radius 3 is 2.41 bits per heavy atom. The van der Waals surface area contributed by atoms with Gasteiger partial charge in [-0.1, -0.05) is 6.92 Å². The maximum absolute atomic E-state index is 12.3. The quantitative estimate of drug-likeness (QED) is 0.711. The molecule has 0 spiro atoms. The molecule has 2 aromatic rings. The normalized spacial score (nSPS) is 12.1. The van der Waals surface area contributed by atoms with Crippen LogP contribution in [0.2, 0.25) is 0 Å². The third kappa shape index (κ3) is 6.40. The molecule has 6 nitrogen and oxygen atoms in total. The van der Waals surface area contributed by atoms with Crippen LogP contribution in [0.3, 0.4) is 0 Å². The second-order valence-corrected chi connectivity index (χ2v) is 7.67. The number of rotatable bonds is 8. The Morgan fingerprint density at radius 1 is 1.15 bits per heavy atom. The fourth-order valence-corrected chi connectivity index (χ4v) is 3.34. The van der Waals surface area contributed by atoms with Gasteiger partial charge in [0, 0.05) is 31.0 Å². The standard InChI is InChI=1S/C17H20F3N3O3S/c1-2-8-23-9-7-13(11-23)10-22-27(25,26)15-5-3-14(4-6-15)16(24)21-12-17(18,19)20/h3-7,9,11,22H,2,8,10,12H2,1H3,(H,21,24). The van der Waals surface area contributed by atoms with Crippen LogP contribution in [-0.4, -0.2) is 31.6 Å². The fourth-order valence-electron chi connectivity index (χ4n) is 2.32. The molecule has 0 saturated carbocycles. The molecule has 10 heteroatoms. The Labute approximate surface area is 155 Å². The maximum Gasteiger partial charge on any atom is 0.405 e. The largest absolute Gasteiger partial charge is 0.405 e. The summed E-state index contributed by atoms with van der Waals surface area (Å²) in [6.45, 7) is 1.53. The minimum atomic E-state index is -4.51. The highest BCUT2D eigenvalue weighted by Gasteiger charge is 2.28. The van der Waals surface area contributed by atoms with Crippen LogP contribution in [0, 0.1) is 0 Å². The van der Waals surface area contributed by atoms with Crippen LogP contribution >= 0.6 is 0 Å². The van der Waals surface area contributed by atoms with E-state index in [9.17, 15) is 26.4 Å². The van der Waals surface area contributed by atoms with Crippen LogP contribution in [0.4, 0.5) is 13.2 Å². The first-order chi connectivity index (χ1) is 12.6. The molecule has 1 aromatic heterocycles. The molecular formula is C17H20F3N3O3S. The average Bonchev–Trinajstić information content (AvgIpc) is 3.05. The first-order valence-corrected chi connectivity index (χ1v) is 9.68. The molecule has 0 bridgehead atoms. The zero-order valence-electron chi connectivity index (χ0n) is 14.6. The Bertz CT molecular complexity index is 875. The number of hydrogen-bond acceptors (Lipinski definition) is 3. The number of halogens is 3. The van der Waals surface area contributed by atoms with Crippen molar-refractivity contribution < 1.29 is 26.4 Å². The number of sulfonamides is 1. The van der Waals surface area contributed by atoms with E-state index in [1.54, 1.807) is 5.32 Å². The summed E-state index contributed by atoms with van der Waals surface area (Å²) < 4.78 is 65.4. The highest BCUT2D eigenvalue weighted by atomic mass is 32.2. The highest BCUT2D eigenvalue weighted by Crippen LogP contribution is 2.14. The van der Waals surface area contributed by atoms with Gasteiger partial charge in [-0.25, -0.2) is 13.1 Å². The number of alkyl halides is 3. The van der Waals surface area contributed by atoms with E-state index in [0.717, 1.165) is 30.7 Å². The molecule has 1 heterocycles. The first kappa shape index (κ1) is 21.0. The van der Waals surface area contributed by atoms with Crippen molar-refractivity contribution in [1.29, 1.82) is 0 Å². The molecule has 2 N–H and O–H groups in total. The third-order valence-corrected chi connectivity index (χ3v) is 5.05.